The first-order chi connectivity index (χ1) is 24.9. The van der Waals surface area contributed by atoms with E-state index in [1.54, 1.807) is 35.4 Å². The average Bonchev–Trinajstić information content (AvgIpc) is 3.71. The Labute approximate surface area is 299 Å². The van der Waals surface area contributed by atoms with Crippen molar-refractivity contribution in [1.82, 2.24) is 14.8 Å². The summed E-state index contributed by atoms with van der Waals surface area (Å²) >= 11 is 1.36. The number of aromatic nitrogens is 1. The number of amides is 4. The van der Waals surface area contributed by atoms with Gasteiger partial charge in [-0.05, 0) is 66.1 Å². The Morgan fingerprint density at radius 2 is 1.67 bits per heavy atom. The number of morpholine rings is 1. The Kier molecular flexibility index (Phi) is 10.4. The Morgan fingerprint density at radius 1 is 0.922 bits per heavy atom. The third-order valence-corrected chi connectivity index (χ3v) is 10.1. The van der Waals surface area contributed by atoms with Crippen LogP contribution in [0, 0.1) is 0 Å². The lowest BCUT2D eigenvalue weighted by Crippen LogP contribution is -2.45. The second-order valence-corrected chi connectivity index (χ2v) is 13.3. The van der Waals surface area contributed by atoms with Gasteiger partial charge in [0.05, 0.1) is 31.1 Å². The molecular weight excluding hydrogens is 669 g/mol. The van der Waals surface area contributed by atoms with Crippen molar-refractivity contribution in [3.8, 4) is 0 Å². The molecule has 0 bridgehead atoms. The molecule has 4 heterocycles. The van der Waals surface area contributed by atoms with E-state index in [1.807, 2.05) is 72.8 Å². The van der Waals surface area contributed by atoms with Gasteiger partial charge in [0.15, 0.2) is 5.17 Å². The van der Waals surface area contributed by atoms with Gasteiger partial charge in [-0.3, -0.25) is 24.3 Å². The number of carbonyl (C=O) groups is 4. The second-order valence-electron chi connectivity index (χ2n) is 12.2. The second kappa shape index (κ2) is 15.6. The molecule has 3 saturated heterocycles. The average molecular weight is 705 g/mol. The van der Waals surface area contributed by atoms with Gasteiger partial charge in [-0.2, -0.15) is 0 Å². The molecule has 4 aromatic rings. The minimum atomic E-state index is -0.991. The maximum Gasteiger partial charge on any atom is 0.417 e. The molecule has 0 aliphatic carbocycles. The molecule has 4 amide bonds. The van der Waals surface area contributed by atoms with E-state index in [2.05, 4.69) is 15.2 Å². The minimum Gasteiger partial charge on any atom is -0.444 e. The highest BCUT2D eigenvalue weighted by molar-refractivity contribution is 8.15. The van der Waals surface area contributed by atoms with Crippen molar-refractivity contribution in [3.63, 3.8) is 0 Å². The van der Waals surface area contributed by atoms with Crippen molar-refractivity contribution in [1.29, 1.82) is 0 Å². The number of aliphatic imine (C=N–C) groups is 1. The first kappa shape index (κ1) is 33.9. The molecular formula is C38H36N6O6S. The third kappa shape index (κ3) is 7.95. The molecule has 260 valence electrons. The van der Waals surface area contributed by atoms with E-state index in [9.17, 15) is 19.2 Å². The molecule has 51 heavy (non-hydrogen) atoms. The van der Waals surface area contributed by atoms with E-state index < -0.39 is 29.2 Å². The SMILES string of the molecule is O=C(Nc1ccc(C2SC(=Nc3ccc(N4CCOCC4)cc3)N(Cc3ccccn3)C2=O)cc1)[C@H]1CCC(=O)N1C(=O)OCc1ccccc1. The number of nitrogens with one attached hydrogen (secondary N) is 1. The molecule has 3 fully saturated rings. The number of anilines is 2. The van der Waals surface area contributed by atoms with Crippen molar-refractivity contribution < 1.29 is 28.7 Å². The first-order valence-corrected chi connectivity index (χ1v) is 17.6. The van der Waals surface area contributed by atoms with Crippen LogP contribution in [0.25, 0.3) is 0 Å². The van der Waals surface area contributed by atoms with E-state index in [0.29, 0.717) is 24.1 Å². The monoisotopic (exact) mass is 704 g/mol. The number of hydrogen-bond acceptors (Lipinski definition) is 10. The van der Waals surface area contributed by atoms with E-state index in [4.69, 9.17) is 14.5 Å². The van der Waals surface area contributed by atoms with Crippen LogP contribution >= 0.6 is 11.8 Å². The number of thioether (sulfide) groups is 1. The van der Waals surface area contributed by atoms with Crippen LogP contribution in [-0.2, 0) is 37.0 Å². The number of nitrogens with zero attached hydrogens (tertiary/aromatic N) is 5. The fraction of sp³-hybridized carbons (Fsp3) is 0.263. The molecule has 7 rings (SSSR count). The van der Waals surface area contributed by atoms with Gasteiger partial charge in [0, 0.05) is 37.1 Å². The highest BCUT2D eigenvalue weighted by Gasteiger charge is 2.42. The molecule has 2 atom stereocenters. The molecule has 3 aliphatic heterocycles. The largest absolute Gasteiger partial charge is 0.444 e. The van der Waals surface area contributed by atoms with Gasteiger partial charge in [0.2, 0.25) is 17.7 Å². The van der Waals surface area contributed by atoms with Crippen LogP contribution in [0.2, 0.25) is 0 Å². The lowest BCUT2D eigenvalue weighted by molar-refractivity contribution is -0.131. The predicted octanol–water partition coefficient (Wildman–Crippen LogP) is 5.69. The first-order valence-electron chi connectivity index (χ1n) is 16.8. The Hall–Kier alpha value is -5.53. The van der Waals surface area contributed by atoms with Gasteiger partial charge in [0.25, 0.3) is 0 Å². The Bertz CT molecular complexity index is 1900. The molecule has 0 spiro atoms. The number of pyridine rings is 1. The highest BCUT2D eigenvalue weighted by Crippen LogP contribution is 2.41. The van der Waals surface area contributed by atoms with Gasteiger partial charge >= 0.3 is 6.09 Å². The number of hydrogen-bond donors (Lipinski definition) is 1. The fourth-order valence-corrected chi connectivity index (χ4v) is 7.31. The molecule has 1 aromatic heterocycles. The van der Waals surface area contributed by atoms with Gasteiger partial charge in [-0.25, -0.2) is 14.7 Å². The minimum absolute atomic E-state index is 0.00985. The zero-order chi connectivity index (χ0) is 35.2. The lowest BCUT2D eigenvalue weighted by atomic mass is 10.1. The number of amidine groups is 1. The van der Waals surface area contributed by atoms with Crippen molar-refractivity contribution in [2.24, 2.45) is 4.99 Å². The summed E-state index contributed by atoms with van der Waals surface area (Å²) in [6.07, 6.45) is 1.10. The van der Waals surface area contributed by atoms with Gasteiger partial charge in [-0.1, -0.05) is 60.3 Å². The van der Waals surface area contributed by atoms with Crippen molar-refractivity contribution in [2.45, 2.75) is 37.3 Å². The Balaban J connectivity index is 1.04. The van der Waals surface area contributed by atoms with Gasteiger partial charge in [-0.15, -0.1) is 0 Å². The van der Waals surface area contributed by atoms with E-state index in [1.165, 1.54) is 11.8 Å². The number of ether oxygens (including phenoxy) is 2. The lowest BCUT2D eigenvalue weighted by Gasteiger charge is -2.28. The summed E-state index contributed by atoms with van der Waals surface area (Å²) in [4.78, 5) is 66.7. The molecule has 13 heteroatoms. The summed E-state index contributed by atoms with van der Waals surface area (Å²) in [5.74, 6) is -1.08. The van der Waals surface area contributed by atoms with E-state index >= 15 is 0 Å². The molecule has 0 radical (unpaired) electrons. The highest BCUT2D eigenvalue weighted by atomic mass is 32.2. The Morgan fingerprint density at radius 3 is 2.39 bits per heavy atom. The normalized spacial score (nSPS) is 19.8. The molecule has 1 unspecified atom stereocenters. The van der Waals surface area contributed by atoms with Crippen LogP contribution in [-0.4, -0.2) is 76.1 Å². The zero-order valence-electron chi connectivity index (χ0n) is 27.7. The summed E-state index contributed by atoms with van der Waals surface area (Å²) in [7, 11) is 0. The van der Waals surface area contributed by atoms with Gasteiger partial charge < -0.3 is 19.7 Å². The molecule has 3 aliphatic rings. The van der Waals surface area contributed by atoms with E-state index in [0.717, 1.165) is 46.2 Å². The third-order valence-electron chi connectivity index (χ3n) is 8.84. The van der Waals surface area contributed by atoms with Crippen LogP contribution < -0.4 is 10.2 Å². The summed E-state index contributed by atoms with van der Waals surface area (Å²) in [5.41, 5.74) is 4.55. The van der Waals surface area contributed by atoms with E-state index in [-0.39, 0.29) is 31.9 Å². The topological polar surface area (TPSA) is 134 Å². The summed E-state index contributed by atoms with van der Waals surface area (Å²) in [6, 6.07) is 28.7. The zero-order valence-corrected chi connectivity index (χ0v) is 28.5. The van der Waals surface area contributed by atoms with Crippen molar-refractivity contribution >= 4 is 57.8 Å². The molecule has 12 nitrogen and oxygen atoms in total. The number of carbonyl (C=O) groups excluding carboxylic acids is 4. The number of imide groups is 1. The van der Waals surface area contributed by atoms with Crippen molar-refractivity contribution in [2.75, 3.05) is 36.5 Å². The van der Waals surface area contributed by atoms with Crippen LogP contribution in [0.1, 0.15) is 34.9 Å². The fourth-order valence-electron chi connectivity index (χ4n) is 6.14. The number of rotatable bonds is 9. The van der Waals surface area contributed by atoms with Gasteiger partial charge in [0.1, 0.15) is 17.9 Å². The quantitative estimate of drug-likeness (QED) is 0.233. The molecule has 1 N–H and O–H groups in total. The smallest absolute Gasteiger partial charge is 0.417 e. The maximum atomic E-state index is 13.9. The summed E-state index contributed by atoms with van der Waals surface area (Å²) in [5, 5.41) is 2.82. The van der Waals surface area contributed by atoms with Crippen molar-refractivity contribution in [3.05, 3.63) is 120 Å². The number of likely N-dealkylation sites (tertiary alicyclic amines) is 1. The summed E-state index contributed by atoms with van der Waals surface area (Å²) < 4.78 is 10.8. The number of benzene rings is 3. The molecule has 3 aromatic carbocycles. The van der Waals surface area contributed by atoms with Crippen LogP contribution in [0.15, 0.2) is 108 Å². The predicted molar refractivity (Wildman–Crippen MR) is 193 cm³/mol. The van der Waals surface area contributed by atoms with Crippen LogP contribution in [0.5, 0.6) is 0 Å². The summed E-state index contributed by atoms with van der Waals surface area (Å²) in [6.45, 7) is 3.33. The molecule has 0 saturated carbocycles. The maximum absolute atomic E-state index is 13.9. The van der Waals surface area contributed by atoms with Crippen LogP contribution in [0.3, 0.4) is 0 Å². The van der Waals surface area contributed by atoms with Crippen LogP contribution in [0.4, 0.5) is 21.9 Å². The standard InChI is InChI=1S/C38H36N6O6S/c45-33-18-17-32(44(33)38(48)50-25-26-6-2-1-3-7-26)35(46)40-28-11-9-27(10-12-28)34-36(47)43(24-30-8-4-5-19-39-30)37(51-34)41-29-13-15-31(16-14-29)42-20-22-49-23-21-42/h1-16,19,32,34H,17-18,20-25H2,(H,40,46)/t32-,34?/m1/s1.